The number of aromatic carboxylic acids is 1. The number of anilines is 1. The second-order valence-electron chi connectivity index (χ2n) is 4.37. The number of carboxylic acid groups (broad SMARTS) is 1. The molecular weight excluding hydrogens is 256 g/mol. The van der Waals surface area contributed by atoms with Crippen molar-refractivity contribution in [2.24, 2.45) is 0 Å². The van der Waals surface area contributed by atoms with E-state index in [4.69, 9.17) is 4.74 Å². The van der Waals surface area contributed by atoms with Gasteiger partial charge in [0.2, 0.25) is 0 Å². The number of rotatable bonds is 5. The lowest BCUT2D eigenvalue weighted by Crippen LogP contribution is -2.11. The molecule has 2 aromatic rings. The molecule has 2 N–H and O–H groups in total. The predicted octanol–water partition coefficient (Wildman–Crippen LogP) is 2.96. The number of nitrogens with one attached hydrogen (secondary N) is 1. The third-order valence-electron chi connectivity index (χ3n) is 3.01. The molecule has 0 spiro atoms. The molecule has 2 rings (SSSR count). The van der Waals surface area contributed by atoms with Gasteiger partial charge in [0, 0.05) is 18.5 Å². The van der Waals surface area contributed by atoms with Crippen molar-refractivity contribution in [3.63, 3.8) is 0 Å². The summed E-state index contributed by atoms with van der Waals surface area (Å²) < 4.78 is 5.13. The molecule has 0 aliphatic rings. The van der Waals surface area contributed by atoms with E-state index in [1.807, 2.05) is 19.1 Å². The fourth-order valence-electron chi connectivity index (χ4n) is 1.90. The molecule has 5 nitrogen and oxygen atoms in total. The van der Waals surface area contributed by atoms with Crippen LogP contribution in [0.3, 0.4) is 0 Å². The molecule has 0 fully saturated rings. The number of hydrogen-bond donors (Lipinski definition) is 2. The number of pyridine rings is 1. The first-order valence-electron chi connectivity index (χ1n) is 6.19. The van der Waals surface area contributed by atoms with Gasteiger partial charge in [-0.05, 0) is 30.7 Å². The number of benzene rings is 1. The van der Waals surface area contributed by atoms with E-state index >= 15 is 0 Å². The Kier molecular flexibility index (Phi) is 4.20. The van der Waals surface area contributed by atoms with E-state index in [0.29, 0.717) is 11.4 Å². The minimum atomic E-state index is -0.978. The van der Waals surface area contributed by atoms with Gasteiger partial charge in [-0.3, -0.25) is 4.98 Å². The molecule has 1 aromatic heterocycles. The number of carbonyl (C=O) groups is 1. The Balaban J connectivity index is 2.29. The second kappa shape index (κ2) is 6.06. The highest BCUT2D eigenvalue weighted by atomic mass is 16.5. The van der Waals surface area contributed by atoms with Crippen LogP contribution >= 0.6 is 0 Å². The number of carboxylic acids is 1. The summed E-state index contributed by atoms with van der Waals surface area (Å²) in [6.07, 6.45) is 3.45. The van der Waals surface area contributed by atoms with Crippen molar-refractivity contribution in [3.05, 3.63) is 53.9 Å². The molecule has 0 saturated carbocycles. The van der Waals surface area contributed by atoms with Crippen LogP contribution in [0.1, 0.15) is 28.9 Å². The molecule has 104 valence electrons. The molecule has 0 saturated heterocycles. The summed E-state index contributed by atoms with van der Waals surface area (Å²) in [4.78, 5) is 15.3. The van der Waals surface area contributed by atoms with Crippen LogP contribution in [0.25, 0.3) is 0 Å². The van der Waals surface area contributed by atoms with Crippen LogP contribution in [-0.2, 0) is 0 Å². The Hall–Kier alpha value is -2.56. The summed E-state index contributed by atoms with van der Waals surface area (Å²) in [5, 5.41) is 12.4. The van der Waals surface area contributed by atoms with Crippen LogP contribution in [-0.4, -0.2) is 23.2 Å². The molecule has 20 heavy (non-hydrogen) atoms. The molecule has 0 radical (unpaired) electrons. The lowest BCUT2D eigenvalue weighted by molar-refractivity contribution is 0.0698. The molecule has 0 aliphatic carbocycles. The number of aromatic nitrogens is 1. The summed E-state index contributed by atoms with van der Waals surface area (Å²) in [6, 6.07) is 8.55. The Morgan fingerprint density at radius 3 is 2.80 bits per heavy atom. The zero-order valence-corrected chi connectivity index (χ0v) is 11.3. The zero-order valence-electron chi connectivity index (χ0n) is 11.3. The molecular formula is C15H16N2O3. The van der Waals surface area contributed by atoms with Crippen molar-refractivity contribution >= 4 is 11.7 Å². The van der Waals surface area contributed by atoms with Crippen molar-refractivity contribution < 1.29 is 14.6 Å². The molecule has 0 aliphatic heterocycles. The summed E-state index contributed by atoms with van der Waals surface area (Å²) in [7, 11) is 1.55. The van der Waals surface area contributed by atoms with Gasteiger partial charge in [-0.15, -0.1) is 0 Å². The Morgan fingerprint density at radius 1 is 1.40 bits per heavy atom. The standard InChI is InChI=1S/C15H16N2O3/c1-10(11-4-3-7-16-9-11)17-14-8-12(20-2)5-6-13(14)15(18)19/h3-10,17H,1-2H3,(H,18,19). The summed E-state index contributed by atoms with van der Waals surface area (Å²) in [5.41, 5.74) is 1.71. The Morgan fingerprint density at radius 2 is 2.20 bits per heavy atom. The number of ether oxygens (including phenoxy) is 1. The third-order valence-corrected chi connectivity index (χ3v) is 3.01. The van der Waals surface area contributed by atoms with Gasteiger partial charge in [0.05, 0.1) is 24.4 Å². The highest BCUT2D eigenvalue weighted by molar-refractivity contribution is 5.94. The normalized spacial score (nSPS) is 11.7. The number of hydrogen-bond acceptors (Lipinski definition) is 4. The minimum absolute atomic E-state index is 0.0612. The third kappa shape index (κ3) is 3.06. The molecule has 1 atom stereocenters. The zero-order chi connectivity index (χ0) is 14.5. The topological polar surface area (TPSA) is 71.5 Å². The van der Waals surface area contributed by atoms with E-state index in [2.05, 4.69) is 10.3 Å². The molecule has 1 heterocycles. The van der Waals surface area contributed by atoms with Gasteiger partial charge in [-0.2, -0.15) is 0 Å². The highest BCUT2D eigenvalue weighted by Crippen LogP contribution is 2.26. The van der Waals surface area contributed by atoms with Crippen molar-refractivity contribution in [3.8, 4) is 5.75 Å². The first-order valence-corrected chi connectivity index (χ1v) is 6.19. The van der Waals surface area contributed by atoms with Gasteiger partial charge in [0.1, 0.15) is 5.75 Å². The number of nitrogens with zero attached hydrogens (tertiary/aromatic N) is 1. The molecule has 0 bridgehead atoms. The van der Waals surface area contributed by atoms with E-state index in [1.165, 1.54) is 6.07 Å². The van der Waals surface area contributed by atoms with Gasteiger partial charge in [-0.1, -0.05) is 6.07 Å². The SMILES string of the molecule is COc1ccc(C(=O)O)c(NC(C)c2cccnc2)c1. The maximum atomic E-state index is 11.2. The van der Waals surface area contributed by atoms with Gasteiger partial charge < -0.3 is 15.2 Å². The maximum Gasteiger partial charge on any atom is 0.337 e. The monoisotopic (exact) mass is 272 g/mol. The second-order valence-corrected chi connectivity index (χ2v) is 4.37. The molecule has 5 heteroatoms. The lowest BCUT2D eigenvalue weighted by atomic mass is 10.1. The van der Waals surface area contributed by atoms with Crippen LogP contribution in [0.2, 0.25) is 0 Å². The van der Waals surface area contributed by atoms with E-state index < -0.39 is 5.97 Å². The van der Waals surface area contributed by atoms with Crippen LogP contribution in [0.15, 0.2) is 42.7 Å². The Labute approximate surface area is 117 Å². The molecule has 1 aromatic carbocycles. The van der Waals surface area contributed by atoms with Crippen molar-refractivity contribution in [1.82, 2.24) is 4.98 Å². The summed E-state index contributed by atoms with van der Waals surface area (Å²) in [5.74, 6) is -0.371. The largest absolute Gasteiger partial charge is 0.497 e. The first-order chi connectivity index (χ1) is 9.61. The van der Waals surface area contributed by atoms with Gasteiger partial charge in [0.15, 0.2) is 0 Å². The maximum absolute atomic E-state index is 11.2. The van der Waals surface area contributed by atoms with Crippen molar-refractivity contribution in [2.75, 3.05) is 12.4 Å². The van der Waals surface area contributed by atoms with E-state index in [-0.39, 0.29) is 11.6 Å². The van der Waals surface area contributed by atoms with Crippen LogP contribution in [0, 0.1) is 0 Å². The van der Waals surface area contributed by atoms with E-state index in [0.717, 1.165) is 5.56 Å². The summed E-state index contributed by atoms with van der Waals surface area (Å²) >= 11 is 0. The van der Waals surface area contributed by atoms with Crippen LogP contribution in [0.5, 0.6) is 5.75 Å². The fourth-order valence-corrected chi connectivity index (χ4v) is 1.90. The lowest BCUT2D eigenvalue weighted by Gasteiger charge is -2.17. The molecule has 0 amide bonds. The van der Waals surface area contributed by atoms with E-state index in [9.17, 15) is 9.90 Å². The highest BCUT2D eigenvalue weighted by Gasteiger charge is 2.14. The number of methoxy groups -OCH3 is 1. The van der Waals surface area contributed by atoms with Crippen LogP contribution in [0.4, 0.5) is 5.69 Å². The minimum Gasteiger partial charge on any atom is -0.497 e. The van der Waals surface area contributed by atoms with Crippen molar-refractivity contribution in [2.45, 2.75) is 13.0 Å². The fraction of sp³-hybridized carbons (Fsp3) is 0.200. The van der Waals surface area contributed by atoms with Crippen molar-refractivity contribution in [1.29, 1.82) is 0 Å². The van der Waals surface area contributed by atoms with Crippen LogP contribution < -0.4 is 10.1 Å². The van der Waals surface area contributed by atoms with Gasteiger partial charge >= 0.3 is 5.97 Å². The summed E-state index contributed by atoms with van der Waals surface area (Å²) in [6.45, 7) is 1.95. The average Bonchev–Trinajstić information content (AvgIpc) is 2.47. The quantitative estimate of drug-likeness (QED) is 0.875. The average molecular weight is 272 g/mol. The van der Waals surface area contributed by atoms with Gasteiger partial charge in [-0.25, -0.2) is 4.79 Å². The first kappa shape index (κ1) is 13.9. The smallest absolute Gasteiger partial charge is 0.337 e. The Bertz CT molecular complexity index is 599. The van der Waals surface area contributed by atoms with Gasteiger partial charge in [0.25, 0.3) is 0 Å². The van der Waals surface area contributed by atoms with E-state index in [1.54, 1.807) is 31.6 Å². The molecule has 1 unspecified atom stereocenters. The predicted molar refractivity (Wildman–Crippen MR) is 76.2 cm³/mol.